The fraction of sp³-hybridized carbons (Fsp3) is 0.941. The van der Waals surface area contributed by atoms with Gasteiger partial charge in [-0.1, -0.05) is 144 Å². The van der Waals surface area contributed by atoms with E-state index < -0.39 is 0 Å². The summed E-state index contributed by atoms with van der Waals surface area (Å²) in [4.78, 5) is 26.6. The molecule has 0 fully saturated rings. The summed E-state index contributed by atoms with van der Waals surface area (Å²) in [6, 6.07) is 0. The van der Waals surface area contributed by atoms with Gasteiger partial charge in [0.05, 0.1) is 25.0 Å². The second-order valence-electron chi connectivity index (χ2n) is 12.4. The minimum atomic E-state index is -0.377. The predicted octanol–water partition coefficient (Wildman–Crippen LogP) is 10.5. The molecule has 2 atom stereocenters. The molecule has 0 saturated heterocycles. The molecule has 0 aliphatic carbocycles. The van der Waals surface area contributed by atoms with E-state index in [-0.39, 0.29) is 23.8 Å². The molecule has 226 valence electrons. The lowest BCUT2D eigenvalue weighted by Crippen LogP contribution is -2.33. The Hall–Kier alpha value is -1.06. The Morgan fingerprint density at radius 1 is 0.447 bits per heavy atom. The number of rotatable bonds is 27. The Bertz CT molecular complexity index is 495. The molecule has 4 heteroatoms. The van der Waals surface area contributed by atoms with Crippen LogP contribution < -0.4 is 0 Å². The molecule has 38 heavy (non-hydrogen) atoms. The van der Waals surface area contributed by atoms with Gasteiger partial charge in [-0.05, 0) is 37.5 Å². The van der Waals surface area contributed by atoms with Crippen molar-refractivity contribution in [2.24, 2.45) is 23.7 Å². The molecule has 0 rings (SSSR count). The molecule has 0 radical (unpaired) electrons. The van der Waals surface area contributed by atoms with Gasteiger partial charge < -0.3 is 9.47 Å². The van der Waals surface area contributed by atoms with Crippen LogP contribution in [0.25, 0.3) is 0 Å². The fourth-order valence-corrected chi connectivity index (χ4v) is 4.97. The minimum absolute atomic E-state index is 0.182. The van der Waals surface area contributed by atoms with E-state index in [2.05, 4.69) is 41.5 Å². The molecular formula is C34H66O4. The molecule has 0 amide bonds. The maximum absolute atomic E-state index is 13.3. The van der Waals surface area contributed by atoms with Gasteiger partial charge in [-0.25, -0.2) is 0 Å². The first kappa shape index (κ1) is 36.9. The fourth-order valence-electron chi connectivity index (χ4n) is 4.97. The first-order chi connectivity index (χ1) is 18.3. The maximum atomic E-state index is 13.3. The summed E-state index contributed by atoms with van der Waals surface area (Å²) < 4.78 is 11.5. The summed E-state index contributed by atoms with van der Waals surface area (Å²) in [6.07, 6.45) is 22.8. The molecule has 0 spiro atoms. The zero-order chi connectivity index (χ0) is 28.4. The summed E-state index contributed by atoms with van der Waals surface area (Å²) >= 11 is 0. The van der Waals surface area contributed by atoms with Crippen LogP contribution >= 0.6 is 0 Å². The third-order valence-corrected chi connectivity index (χ3v) is 7.71. The summed E-state index contributed by atoms with van der Waals surface area (Å²) in [6.45, 7) is 13.9. The molecule has 2 unspecified atom stereocenters. The van der Waals surface area contributed by atoms with Gasteiger partial charge >= 0.3 is 11.9 Å². The largest absolute Gasteiger partial charge is 0.465 e. The van der Waals surface area contributed by atoms with E-state index in [1.165, 1.54) is 77.0 Å². The number of carbonyl (C=O) groups is 2. The second-order valence-corrected chi connectivity index (χ2v) is 12.4. The Labute approximate surface area is 237 Å². The van der Waals surface area contributed by atoms with Gasteiger partial charge in [0.2, 0.25) is 0 Å². The predicted molar refractivity (Wildman–Crippen MR) is 162 cm³/mol. The number of unbranched alkanes of at least 4 members (excludes halogenated alkanes) is 14. The first-order valence-corrected chi connectivity index (χ1v) is 16.7. The summed E-state index contributed by atoms with van der Waals surface area (Å²) in [5, 5.41) is 0. The van der Waals surface area contributed by atoms with E-state index in [1.807, 2.05) is 0 Å². The van der Waals surface area contributed by atoms with E-state index in [9.17, 15) is 9.59 Å². The number of esters is 2. The van der Waals surface area contributed by atoms with Crippen molar-refractivity contribution in [2.45, 2.75) is 170 Å². The van der Waals surface area contributed by atoms with E-state index in [4.69, 9.17) is 9.47 Å². The quantitative estimate of drug-likeness (QED) is 0.0771. The van der Waals surface area contributed by atoms with Crippen molar-refractivity contribution in [2.75, 3.05) is 13.2 Å². The Kier molecular flexibility index (Phi) is 25.4. The van der Waals surface area contributed by atoms with Crippen molar-refractivity contribution in [1.29, 1.82) is 0 Å². The van der Waals surface area contributed by atoms with Crippen LogP contribution in [-0.2, 0) is 19.1 Å². The zero-order valence-electron chi connectivity index (χ0n) is 26.5. The number of carbonyl (C=O) groups excluding carboxylic acids is 2. The monoisotopic (exact) mass is 538 g/mol. The lowest BCUT2D eigenvalue weighted by atomic mass is 9.83. The molecule has 0 aliphatic rings. The second kappa shape index (κ2) is 26.2. The van der Waals surface area contributed by atoms with Gasteiger partial charge in [-0.2, -0.15) is 0 Å². The summed E-state index contributed by atoms with van der Waals surface area (Å²) in [5.74, 6) is -0.138. The third-order valence-electron chi connectivity index (χ3n) is 7.71. The van der Waals surface area contributed by atoms with Crippen LogP contribution in [0.3, 0.4) is 0 Å². The molecule has 0 aliphatic heterocycles. The highest BCUT2D eigenvalue weighted by molar-refractivity contribution is 5.82. The molecule has 4 nitrogen and oxygen atoms in total. The van der Waals surface area contributed by atoms with Crippen LogP contribution in [0, 0.1) is 23.7 Å². The van der Waals surface area contributed by atoms with Crippen LogP contribution in [-0.4, -0.2) is 25.2 Å². The maximum Gasteiger partial charge on any atom is 0.309 e. The smallest absolute Gasteiger partial charge is 0.309 e. The highest BCUT2D eigenvalue weighted by Crippen LogP contribution is 2.28. The minimum Gasteiger partial charge on any atom is -0.465 e. The molecule has 0 bridgehead atoms. The Balaban J connectivity index is 5.09. The van der Waals surface area contributed by atoms with Crippen LogP contribution in [0.15, 0.2) is 0 Å². The molecule has 0 saturated carbocycles. The Morgan fingerprint density at radius 2 is 0.737 bits per heavy atom. The number of hydrogen-bond acceptors (Lipinski definition) is 4. The van der Waals surface area contributed by atoms with Crippen LogP contribution in [0.1, 0.15) is 170 Å². The van der Waals surface area contributed by atoms with Crippen molar-refractivity contribution < 1.29 is 19.1 Å². The Morgan fingerprint density at radius 3 is 1.03 bits per heavy atom. The molecule has 0 aromatic carbocycles. The van der Waals surface area contributed by atoms with Crippen molar-refractivity contribution in [3.63, 3.8) is 0 Å². The van der Waals surface area contributed by atoms with Crippen molar-refractivity contribution in [3.05, 3.63) is 0 Å². The normalized spacial score (nSPS) is 13.2. The number of ether oxygens (including phenoxy) is 2. The average Bonchev–Trinajstić information content (AvgIpc) is 2.87. The van der Waals surface area contributed by atoms with E-state index >= 15 is 0 Å². The first-order valence-electron chi connectivity index (χ1n) is 16.7. The SMILES string of the molecule is CCCCCCCCCCC(C(=O)OCCC(C)C)C(CCCCCCCCCC)C(=O)OCCC(C)C. The average molecular weight is 539 g/mol. The van der Waals surface area contributed by atoms with Crippen molar-refractivity contribution in [1.82, 2.24) is 0 Å². The molecule has 0 N–H and O–H groups in total. The van der Waals surface area contributed by atoms with Gasteiger partial charge in [0.15, 0.2) is 0 Å². The van der Waals surface area contributed by atoms with Gasteiger partial charge in [0.1, 0.15) is 0 Å². The molecule has 0 heterocycles. The highest BCUT2D eigenvalue weighted by Gasteiger charge is 2.35. The van der Waals surface area contributed by atoms with E-state index in [0.717, 1.165) is 51.4 Å². The van der Waals surface area contributed by atoms with Gasteiger partial charge in [-0.15, -0.1) is 0 Å². The standard InChI is InChI=1S/C34H66O4/c1-7-9-11-13-15-17-19-21-23-31(33(35)37-27-25-29(3)4)32(34(36)38-28-26-30(5)6)24-22-20-18-16-14-12-10-8-2/h29-32H,7-28H2,1-6H3. The van der Waals surface area contributed by atoms with Crippen LogP contribution in [0.4, 0.5) is 0 Å². The summed E-state index contributed by atoms with van der Waals surface area (Å²) in [7, 11) is 0. The molecular weight excluding hydrogens is 472 g/mol. The van der Waals surface area contributed by atoms with Gasteiger partial charge in [-0.3, -0.25) is 9.59 Å². The zero-order valence-corrected chi connectivity index (χ0v) is 26.5. The number of hydrogen-bond donors (Lipinski definition) is 0. The van der Waals surface area contributed by atoms with Crippen LogP contribution in [0.2, 0.25) is 0 Å². The topological polar surface area (TPSA) is 52.6 Å². The van der Waals surface area contributed by atoms with Gasteiger partial charge in [0.25, 0.3) is 0 Å². The highest BCUT2D eigenvalue weighted by atomic mass is 16.5. The molecule has 0 aromatic rings. The molecule has 0 aromatic heterocycles. The van der Waals surface area contributed by atoms with Gasteiger partial charge in [0, 0.05) is 0 Å². The van der Waals surface area contributed by atoms with Crippen molar-refractivity contribution >= 4 is 11.9 Å². The van der Waals surface area contributed by atoms with E-state index in [0.29, 0.717) is 25.0 Å². The van der Waals surface area contributed by atoms with Crippen molar-refractivity contribution in [3.8, 4) is 0 Å². The lowest BCUT2D eigenvalue weighted by molar-refractivity contribution is -0.162. The summed E-state index contributed by atoms with van der Waals surface area (Å²) in [5.41, 5.74) is 0. The third kappa shape index (κ3) is 21.8. The lowest BCUT2D eigenvalue weighted by Gasteiger charge is -2.25. The van der Waals surface area contributed by atoms with E-state index in [1.54, 1.807) is 0 Å². The van der Waals surface area contributed by atoms with Crippen LogP contribution in [0.5, 0.6) is 0 Å².